The van der Waals surface area contributed by atoms with Crippen molar-refractivity contribution < 1.29 is 9.53 Å². The quantitative estimate of drug-likeness (QED) is 0.622. The number of hydrogen-bond acceptors (Lipinski definition) is 2. The Morgan fingerprint density at radius 3 is 2.46 bits per heavy atom. The van der Waals surface area contributed by atoms with E-state index in [1.807, 2.05) is 6.92 Å². The smallest absolute Gasteiger partial charge is 0.163 e. The molecule has 1 saturated heterocycles. The number of hydrogen-bond donors (Lipinski definition) is 0. The van der Waals surface area contributed by atoms with Gasteiger partial charge in [0.2, 0.25) is 0 Å². The average Bonchev–Trinajstić information content (AvgIpc) is 2.49. The highest BCUT2D eigenvalue weighted by molar-refractivity contribution is 5.84. The minimum atomic E-state index is -0.132. The van der Waals surface area contributed by atoms with Crippen molar-refractivity contribution in [3.05, 3.63) is 0 Å². The minimum absolute atomic E-state index is 0.132. The number of carbonyl (C=O) groups is 1. The molecule has 2 aliphatic rings. The van der Waals surface area contributed by atoms with Crippen LogP contribution in [-0.4, -0.2) is 18.0 Å². The van der Waals surface area contributed by atoms with Crippen LogP contribution in [0.5, 0.6) is 0 Å². The molecule has 1 saturated carbocycles. The van der Waals surface area contributed by atoms with E-state index in [2.05, 4.69) is 0 Å². The van der Waals surface area contributed by atoms with Gasteiger partial charge < -0.3 is 4.74 Å². The summed E-state index contributed by atoms with van der Waals surface area (Å²) >= 11 is 0. The van der Waals surface area contributed by atoms with Crippen LogP contribution in [0.4, 0.5) is 0 Å². The van der Waals surface area contributed by atoms with Gasteiger partial charge in [-0.05, 0) is 25.7 Å². The van der Waals surface area contributed by atoms with Gasteiger partial charge in [0.25, 0.3) is 0 Å². The number of carbonyl (C=O) groups excluding carboxylic acids is 1. The summed E-state index contributed by atoms with van der Waals surface area (Å²) in [7, 11) is 0. The van der Waals surface area contributed by atoms with Crippen LogP contribution in [0.1, 0.15) is 45.4 Å². The van der Waals surface area contributed by atoms with E-state index in [0.29, 0.717) is 18.1 Å². The van der Waals surface area contributed by atoms with Gasteiger partial charge in [0.15, 0.2) is 5.78 Å². The zero-order valence-corrected chi connectivity index (χ0v) is 8.29. The second-order valence-electron chi connectivity index (χ2n) is 4.39. The third-order valence-corrected chi connectivity index (χ3v) is 3.41. The van der Waals surface area contributed by atoms with Gasteiger partial charge in [-0.2, -0.15) is 0 Å². The van der Waals surface area contributed by atoms with E-state index in [1.54, 1.807) is 0 Å². The number of ketones is 1. The molecule has 0 N–H and O–H groups in total. The number of rotatable bonds is 1. The molecule has 0 aromatic carbocycles. The molecule has 2 nitrogen and oxygen atoms in total. The molecule has 2 atom stereocenters. The molecule has 1 heterocycles. The van der Waals surface area contributed by atoms with Gasteiger partial charge in [0, 0.05) is 6.42 Å². The minimum Gasteiger partial charge on any atom is -0.367 e. The third-order valence-electron chi connectivity index (χ3n) is 3.41. The summed E-state index contributed by atoms with van der Waals surface area (Å²) < 4.78 is 5.66. The molecule has 0 spiro atoms. The molecule has 0 aromatic rings. The van der Waals surface area contributed by atoms with E-state index in [9.17, 15) is 4.79 Å². The monoisotopic (exact) mass is 182 g/mol. The van der Waals surface area contributed by atoms with Crippen LogP contribution in [0.25, 0.3) is 0 Å². The lowest BCUT2D eigenvalue weighted by Gasteiger charge is -2.26. The maximum absolute atomic E-state index is 11.3. The zero-order valence-electron chi connectivity index (χ0n) is 8.29. The number of Topliss-reactive ketones (excluding diaryl/α,β-unsaturated/α-hetero) is 1. The van der Waals surface area contributed by atoms with E-state index in [1.165, 1.54) is 32.1 Å². The summed E-state index contributed by atoms with van der Waals surface area (Å²) in [5, 5.41) is 0. The van der Waals surface area contributed by atoms with Gasteiger partial charge in [0.1, 0.15) is 6.10 Å². The summed E-state index contributed by atoms with van der Waals surface area (Å²) in [6.07, 6.45) is 7.35. The first kappa shape index (κ1) is 9.20. The lowest BCUT2D eigenvalue weighted by atomic mass is 9.84. The molecule has 2 unspecified atom stereocenters. The van der Waals surface area contributed by atoms with Crippen LogP contribution in [0.15, 0.2) is 0 Å². The fraction of sp³-hybridized carbons (Fsp3) is 0.909. The van der Waals surface area contributed by atoms with E-state index in [4.69, 9.17) is 4.74 Å². The fourth-order valence-electron chi connectivity index (χ4n) is 2.53. The second kappa shape index (κ2) is 3.79. The Morgan fingerprint density at radius 1 is 1.23 bits per heavy atom. The van der Waals surface area contributed by atoms with E-state index in [-0.39, 0.29) is 12.2 Å². The van der Waals surface area contributed by atoms with Gasteiger partial charge in [0.05, 0.1) is 6.10 Å². The first-order chi connectivity index (χ1) is 6.27. The van der Waals surface area contributed by atoms with Crippen molar-refractivity contribution in [2.45, 2.75) is 57.7 Å². The normalized spacial score (nSPS) is 36.8. The molecule has 0 radical (unpaired) electrons. The maximum atomic E-state index is 11.3. The predicted molar refractivity (Wildman–Crippen MR) is 50.5 cm³/mol. The van der Waals surface area contributed by atoms with Crippen LogP contribution in [0.3, 0.4) is 0 Å². The van der Waals surface area contributed by atoms with E-state index < -0.39 is 0 Å². The Balaban J connectivity index is 1.90. The Morgan fingerprint density at radius 2 is 1.92 bits per heavy atom. The van der Waals surface area contributed by atoms with Crippen molar-refractivity contribution in [1.29, 1.82) is 0 Å². The van der Waals surface area contributed by atoms with Crippen molar-refractivity contribution in [2.24, 2.45) is 5.92 Å². The average molecular weight is 182 g/mol. The van der Waals surface area contributed by atoms with Crippen LogP contribution < -0.4 is 0 Å². The van der Waals surface area contributed by atoms with Crippen molar-refractivity contribution in [3.63, 3.8) is 0 Å². The SMILES string of the molecule is CC1OC(C2CCCCC2)CC1=O. The Kier molecular flexibility index (Phi) is 2.68. The summed E-state index contributed by atoms with van der Waals surface area (Å²) in [6, 6.07) is 0. The van der Waals surface area contributed by atoms with Crippen molar-refractivity contribution >= 4 is 5.78 Å². The molecule has 74 valence electrons. The van der Waals surface area contributed by atoms with Crippen LogP contribution in [-0.2, 0) is 9.53 Å². The maximum Gasteiger partial charge on any atom is 0.163 e. The molecule has 1 aliphatic carbocycles. The van der Waals surface area contributed by atoms with Crippen molar-refractivity contribution in [3.8, 4) is 0 Å². The third kappa shape index (κ3) is 1.93. The topological polar surface area (TPSA) is 26.3 Å². The number of ether oxygens (including phenoxy) is 1. The first-order valence-corrected chi connectivity index (χ1v) is 5.45. The molecular weight excluding hydrogens is 164 g/mol. The molecule has 0 amide bonds. The molecule has 2 heteroatoms. The van der Waals surface area contributed by atoms with Gasteiger partial charge in [-0.1, -0.05) is 19.3 Å². The molecule has 1 aliphatic heterocycles. The Bertz CT molecular complexity index is 194. The lowest BCUT2D eigenvalue weighted by molar-refractivity contribution is -0.121. The van der Waals surface area contributed by atoms with Crippen molar-refractivity contribution in [1.82, 2.24) is 0 Å². The molecule has 13 heavy (non-hydrogen) atoms. The standard InChI is InChI=1S/C11H18O2/c1-8-10(12)7-11(13-8)9-5-3-2-4-6-9/h8-9,11H,2-7H2,1H3. The van der Waals surface area contributed by atoms with E-state index in [0.717, 1.165) is 0 Å². The second-order valence-corrected chi connectivity index (χ2v) is 4.39. The zero-order chi connectivity index (χ0) is 9.26. The molecule has 2 rings (SSSR count). The fourth-order valence-corrected chi connectivity index (χ4v) is 2.53. The molecule has 2 fully saturated rings. The lowest BCUT2D eigenvalue weighted by Crippen LogP contribution is -2.22. The Labute approximate surface area is 79.7 Å². The van der Waals surface area contributed by atoms with Gasteiger partial charge in [-0.15, -0.1) is 0 Å². The van der Waals surface area contributed by atoms with Crippen LogP contribution >= 0.6 is 0 Å². The summed E-state index contributed by atoms with van der Waals surface area (Å²) in [5.41, 5.74) is 0. The summed E-state index contributed by atoms with van der Waals surface area (Å²) in [6.45, 7) is 1.88. The van der Waals surface area contributed by atoms with Gasteiger partial charge in [-0.25, -0.2) is 0 Å². The van der Waals surface area contributed by atoms with Crippen molar-refractivity contribution in [2.75, 3.05) is 0 Å². The van der Waals surface area contributed by atoms with Gasteiger partial charge >= 0.3 is 0 Å². The largest absolute Gasteiger partial charge is 0.367 e. The highest BCUT2D eigenvalue weighted by Crippen LogP contribution is 2.33. The summed E-state index contributed by atoms with van der Waals surface area (Å²) in [5.74, 6) is 0.971. The Hall–Kier alpha value is -0.370. The highest BCUT2D eigenvalue weighted by atomic mass is 16.5. The first-order valence-electron chi connectivity index (χ1n) is 5.45. The molecule has 0 aromatic heterocycles. The highest BCUT2D eigenvalue weighted by Gasteiger charge is 2.35. The predicted octanol–water partition coefficient (Wildman–Crippen LogP) is 2.31. The van der Waals surface area contributed by atoms with Crippen LogP contribution in [0.2, 0.25) is 0 Å². The van der Waals surface area contributed by atoms with Gasteiger partial charge in [-0.3, -0.25) is 4.79 Å². The van der Waals surface area contributed by atoms with E-state index >= 15 is 0 Å². The molecular formula is C11H18O2. The van der Waals surface area contributed by atoms with Crippen LogP contribution in [0, 0.1) is 5.92 Å². The molecule has 0 bridgehead atoms. The summed E-state index contributed by atoms with van der Waals surface area (Å²) in [4.78, 5) is 11.3.